The van der Waals surface area contributed by atoms with Crippen LogP contribution < -0.4 is 5.32 Å². The number of likely N-dealkylation sites (tertiary alicyclic amines) is 1. The number of nitrogens with zero attached hydrogens (tertiary/aromatic N) is 1. The molecule has 4 fully saturated rings. The van der Waals surface area contributed by atoms with Gasteiger partial charge in [0.15, 0.2) is 6.61 Å². The van der Waals surface area contributed by atoms with Crippen LogP contribution in [-0.4, -0.2) is 48.9 Å². The zero-order chi connectivity index (χ0) is 21.7. The summed E-state index contributed by atoms with van der Waals surface area (Å²) >= 11 is 0. The average Bonchev–Trinajstić information content (AvgIpc) is 3.04. The van der Waals surface area contributed by atoms with E-state index < -0.39 is 5.97 Å². The first-order valence-corrected chi connectivity index (χ1v) is 11.8. The van der Waals surface area contributed by atoms with Gasteiger partial charge in [-0.1, -0.05) is 13.8 Å². The molecular weight excluding hydrogens is 380 g/mol. The molecule has 0 aromatic carbocycles. The molecule has 1 saturated heterocycles. The Morgan fingerprint density at radius 2 is 1.80 bits per heavy atom. The lowest BCUT2D eigenvalue weighted by Crippen LogP contribution is -2.61. The van der Waals surface area contributed by atoms with Crippen molar-refractivity contribution in [1.82, 2.24) is 10.2 Å². The normalized spacial score (nSPS) is 42.7. The Kier molecular flexibility index (Phi) is 5.65. The van der Waals surface area contributed by atoms with Crippen molar-refractivity contribution in [1.29, 1.82) is 0 Å². The molecule has 0 unspecified atom stereocenters. The summed E-state index contributed by atoms with van der Waals surface area (Å²) in [5.74, 6) is 2.36. The lowest BCUT2D eigenvalue weighted by Gasteiger charge is -2.61. The minimum absolute atomic E-state index is 0.182. The smallest absolute Gasteiger partial charge is 0.303 e. The molecule has 1 heterocycles. The molecule has 6 nitrogen and oxygen atoms in total. The van der Waals surface area contributed by atoms with Crippen LogP contribution in [-0.2, 0) is 19.1 Å². The molecule has 1 aliphatic heterocycles. The van der Waals surface area contributed by atoms with Crippen LogP contribution in [0.15, 0.2) is 0 Å². The lowest BCUT2D eigenvalue weighted by molar-refractivity contribution is -0.158. The Labute approximate surface area is 180 Å². The maximum Gasteiger partial charge on any atom is 0.303 e. The molecular formula is C24H38N2O4. The van der Waals surface area contributed by atoms with Gasteiger partial charge in [0, 0.05) is 33.0 Å². The van der Waals surface area contributed by atoms with Crippen molar-refractivity contribution < 1.29 is 19.1 Å². The standard InChI is InChI=1S/C24H38N2O4/c1-15(27)30-14-21(28)25-13-16-5-7-18-17-6-8-20-24(3,12-10-22(29)26(20)4)19(17)9-11-23(16,18)2/h16-20H,5-14H2,1-4H3,(H,25,28)/t16-,17+,18+,19+,20-,23-,24-/m1/s1. The predicted molar refractivity (Wildman–Crippen MR) is 113 cm³/mol. The van der Waals surface area contributed by atoms with Crippen molar-refractivity contribution in [3.05, 3.63) is 0 Å². The summed E-state index contributed by atoms with van der Waals surface area (Å²) < 4.78 is 4.82. The SMILES string of the molecule is CC(=O)OCC(=O)NC[C@H]1CC[C@H]2[C@@H]3CC[C@H]4N(C)C(=O)CC[C@]4(C)[C@H]3CC[C@]12C. The van der Waals surface area contributed by atoms with Gasteiger partial charge in [-0.05, 0) is 79.4 Å². The molecule has 0 aromatic rings. The fourth-order valence-electron chi connectivity index (χ4n) is 8.05. The van der Waals surface area contributed by atoms with Crippen molar-refractivity contribution in [2.24, 2.45) is 34.5 Å². The zero-order valence-electron chi connectivity index (χ0n) is 19.0. The van der Waals surface area contributed by atoms with Gasteiger partial charge in [-0.25, -0.2) is 0 Å². The fourth-order valence-corrected chi connectivity index (χ4v) is 8.05. The van der Waals surface area contributed by atoms with Gasteiger partial charge in [0.25, 0.3) is 5.91 Å². The molecule has 3 aliphatic carbocycles. The number of fused-ring (bicyclic) bond motifs is 5. The number of esters is 1. The molecule has 30 heavy (non-hydrogen) atoms. The number of amides is 2. The van der Waals surface area contributed by atoms with E-state index in [9.17, 15) is 14.4 Å². The van der Waals surface area contributed by atoms with E-state index in [0.29, 0.717) is 42.7 Å². The number of hydrogen-bond donors (Lipinski definition) is 1. The first kappa shape index (κ1) is 21.6. The van der Waals surface area contributed by atoms with E-state index in [2.05, 4.69) is 24.1 Å². The zero-order valence-corrected chi connectivity index (χ0v) is 19.0. The van der Waals surface area contributed by atoms with E-state index in [1.165, 1.54) is 32.6 Å². The number of carbonyl (C=O) groups excluding carboxylic acids is 3. The summed E-state index contributed by atoms with van der Waals surface area (Å²) in [5, 5.41) is 3.01. The monoisotopic (exact) mass is 418 g/mol. The third kappa shape index (κ3) is 3.44. The van der Waals surface area contributed by atoms with Crippen LogP contribution in [0.1, 0.15) is 72.1 Å². The summed E-state index contributed by atoms with van der Waals surface area (Å²) in [6.07, 6.45) is 8.97. The van der Waals surface area contributed by atoms with Crippen molar-refractivity contribution in [3.63, 3.8) is 0 Å². The van der Waals surface area contributed by atoms with Crippen molar-refractivity contribution in [2.75, 3.05) is 20.2 Å². The minimum Gasteiger partial charge on any atom is -0.456 e. The van der Waals surface area contributed by atoms with Gasteiger partial charge < -0.3 is 15.0 Å². The van der Waals surface area contributed by atoms with E-state index in [4.69, 9.17) is 4.74 Å². The van der Waals surface area contributed by atoms with E-state index in [1.807, 2.05) is 7.05 Å². The van der Waals surface area contributed by atoms with E-state index in [0.717, 1.165) is 25.2 Å². The molecule has 1 N–H and O–H groups in total. The fraction of sp³-hybridized carbons (Fsp3) is 0.875. The first-order chi connectivity index (χ1) is 14.2. The molecule has 3 saturated carbocycles. The quantitative estimate of drug-likeness (QED) is 0.712. The maximum atomic E-state index is 12.3. The third-order valence-electron chi connectivity index (χ3n) is 9.71. The van der Waals surface area contributed by atoms with Crippen molar-refractivity contribution >= 4 is 17.8 Å². The van der Waals surface area contributed by atoms with Crippen molar-refractivity contribution in [3.8, 4) is 0 Å². The highest BCUT2D eigenvalue weighted by Gasteiger charge is 2.60. The van der Waals surface area contributed by atoms with Crippen LogP contribution in [0, 0.1) is 34.5 Å². The second kappa shape index (κ2) is 7.83. The van der Waals surface area contributed by atoms with Crippen molar-refractivity contribution in [2.45, 2.75) is 78.2 Å². The summed E-state index contributed by atoms with van der Waals surface area (Å²) in [5.41, 5.74) is 0.526. The summed E-state index contributed by atoms with van der Waals surface area (Å²) in [4.78, 5) is 37.3. The van der Waals surface area contributed by atoms with Crippen LogP contribution in [0.3, 0.4) is 0 Å². The molecule has 4 aliphatic rings. The number of hydrogen-bond acceptors (Lipinski definition) is 4. The van der Waals surface area contributed by atoms with E-state index in [1.54, 1.807) is 0 Å². The van der Waals surface area contributed by atoms with Gasteiger partial charge in [-0.3, -0.25) is 14.4 Å². The van der Waals surface area contributed by atoms with E-state index >= 15 is 0 Å². The second-order valence-corrected chi connectivity index (χ2v) is 10.9. The van der Waals surface area contributed by atoms with Gasteiger partial charge in [0.2, 0.25) is 5.91 Å². The van der Waals surface area contributed by atoms with Crippen LogP contribution in [0.2, 0.25) is 0 Å². The summed E-state index contributed by atoms with van der Waals surface area (Å²) in [6, 6.07) is 0.405. The first-order valence-electron chi connectivity index (χ1n) is 11.8. The molecule has 0 aromatic heterocycles. The van der Waals surface area contributed by atoms with Crippen LogP contribution >= 0.6 is 0 Å². The summed E-state index contributed by atoms with van der Waals surface area (Å²) in [7, 11) is 2.02. The summed E-state index contributed by atoms with van der Waals surface area (Å²) in [6.45, 7) is 6.74. The Bertz CT molecular complexity index is 724. The Morgan fingerprint density at radius 3 is 2.53 bits per heavy atom. The third-order valence-corrected chi connectivity index (χ3v) is 9.71. The number of carbonyl (C=O) groups is 3. The topological polar surface area (TPSA) is 75.7 Å². The molecule has 0 bridgehead atoms. The number of ether oxygens (including phenoxy) is 1. The molecule has 0 radical (unpaired) electrons. The van der Waals surface area contributed by atoms with Crippen LogP contribution in [0.25, 0.3) is 0 Å². The lowest BCUT2D eigenvalue weighted by atomic mass is 9.47. The number of rotatable bonds is 4. The number of piperidine rings is 1. The highest BCUT2D eigenvalue weighted by molar-refractivity contribution is 5.79. The minimum atomic E-state index is -0.421. The highest BCUT2D eigenvalue weighted by atomic mass is 16.5. The Morgan fingerprint density at radius 1 is 1.07 bits per heavy atom. The average molecular weight is 419 g/mol. The molecule has 6 heteroatoms. The largest absolute Gasteiger partial charge is 0.456 e. The molecule has 168 valence electrons. The Balaban J connectivity index is 1.43. The molecule has 7 atom stereocenters. The van der Waals surface area contributed by atoms with Gasteiger partial charge in [-0.2, -0.15) is 0 Å². The van der Waals surface area contributed by atoms with Gasteiger partial charge in [0.05, 0.1) is 0 Å². The molecule has 0 spiro atoms. The second-order valence-electron chi connectivity index (χ2n) is 10.9. The molecule has 2 amide bonds. The van der Waals surface area contributed by atoms with Crippen LogP contribution in [0.5, 0.6) is 0 Å². The van der Waals surface area contributed by atoms with Gasteiger partial charge in [0.1, 0.15) is 0 Å². The molecule has 4 rings (SSSR count). The van der Waals surface area contributed by atoms with Gasteiger partial charge in [-0.15, -0.1) is 0 Å². The van der Waals surface area contributed by atoms with Gasteiger partial charge >= 0.3 is 5.97 Å². The predicted octanol–water partition coefficient (Wildman–Crippen LogP) is 3.15. The maximum absolute atomic E-state index is 12.3. The number of nitrogens with one attached hydrogen (secondary N) is 1. The van der Waals surface area contributed by atoms with Crippen LogP contribution in [0.4, 0.5) is 0 Å². The Hall–Kier alpha value is -1.59. The highest BCUT2D eigenvalue weighted by Crippen LogP contribution is 2.66. The van der Waals surface area contributed by atoms with E-state index in [-0.39, 0.29) is 23.3 Å².